The summed E-state index contributed by atoms with van der Waals surface area (Å²) in [5, 5.41) is 11.7. The molecule has 122 valence electrons. The summed E-state index contributed by atoms with van der Waals surface area (Å²) in [6, 6.07) is 0. The van der Waals surface area contributed by atoms with E-state index in [1.165, 1.54) is 18.3 Å². The average Bonchev–Trinajstić information content (AvgIpc) is 3.13. The number of hydrogen-bond donors (Lipinski definition) is 2. The molecule has 0 aliphatic heterocycles. The third kappa shape index (κ3) is 3.72. The van der Waals surface area contributed by atoms with Gasteiger partial charge in [0.05, 0.1) is 5.69 Å². The second kappa shape index (κ2) is 6.31. The summed E-state index contributed by atoms with van der Waals surface area (Å²) < 4.78 is 28.4. The molecule has 0 radical (unpaired) electrons. The van der Waals surface area contributed by atoms with Crippen LogP contribution in [0.5, 0.6) is 0 Å². The molecule has 0 aliphatic carbocycles. The summed E-state index contributed by atoms with van der Waals surface area (Å²) in [5.41, 5.74) is 0.802. The molecule has 0 aliphatic rings. The SMILES string of the molecule is CC(=O)Nc1nnc(S(=O)(=O)NCCc2cn3ccsc3n2)s1. The van der Waals surface area contributed by atoms with Crippen LogP contribution in [0, 0.1) is 0 Å². The van der Waals surface area contributed by atoms with Crippen LogP contribution in [0.25, 0.3) is 4.96 Å². The molecule has 3 heterocycles. The van der Waals surface area contributed by atoms with Gasteiger partial charge in [-0.1, -0.05) is 11.3 Å². The van der Waals surface area contributed by atoms with Crippen LogP contribution in [0.15, 0.2) is 22.1 Å². The Bertz CT molecular complexity index is 913. The van der Waals surface area contributed by atoms with Crippen molar-refractivity contribution < 1.29 is 13.2 Å². The number of hydrogen-bond acceptors (Lipinski definition) is 8. The number of sulfonamides is 1. The fourth-order valence-electron chi connectivity index (χ4n) is 1.79. The molecular formula is C11H12N6O3S3. The molecule has 2 N–H and O–H groups in total. The molecule has 1 amide bonds. The minimum atomic E-state index is -3.75. The van der Waals surface area contributed by atoms with Crippen LogP contribution in [0.3, 0.4) is 0 Å². The van der Waals surface area contributed by atoms with Crippen LogP contribution in [-0.4, -0.2) is 40.5 Å². The topological polar surface area (TPSA) is 118 Å². The zero-order chi connectivity index (χ0) is 16.4. The number of carbonyl (C=O) groups excluding carboxylic acids is 1. The highest BCUT2D eigenvalue weighted by Crippen LogP contribution is 2.19. The van der Waals surface area contributed by atoms with E-state index in [4.69, 9.17) is 0 Å². The van der Waals surface area contributed by atoms with Crippen molar-refractivity contribution >= 4 is 48.7 Å². The monoisotopic (exact) mass is 372 g/mol. The van der Waals surface area contributed by atoms with Crippen molar-refractivity contribution in [2.45, 2.75) is 17.7 Å². The first kappa shape index (κ1) is 16.0. The number of amides is 1. The van der Waals surface area contributed by atoms with Crippen molar-refractivity contribution in [3.8, 4) is 0 Å². The van der Waals surface area contributed by atoms with Gasteiger partial charge in [0.1, 0.15) is 0 Å². The first-order valence-electron chi connectivity index (χ1n) is 6.46. The Balaban J connectivity index is 1.60. The molecule has 9 nitrogen and oxygen atoms in total. The van der Waals surface area contributed by atoms with E-state index >= 15 is 0 Å². The van der Waals surface area contributed by atoms with E-state index in [1.807, 2.05) is 22.2 Å². The quantitative estimate of drug-likeness (QED) is 0.616. The molecule has 0 atom stereocenters. The van der Waals surface area contributed by atoms with E-state index in [0.717, 1.165) is 22.0 Å². The van der Waals surface area contributed by atoms with Crippen molar-refractivity contribution in [1.29, 1.82) is 0 Å². The lowest BCUT2D eigenvalue weighted by molar-refractivity contribution is -0.114. The fraction of sp³-hybridized carbons (Fsp3) is 0.273. The second-order valence-corrected chi connectivity index (χ2v) is 8.32. The van der Waals surface area contributed by atoms with Crippen LogP contribution >= 0.6 is 22.7 Å². The Morgan fingerprint density at radius 1 is 1.39 bits per heavy atom. The molecular weight excluding hydrogens is 360 g/mol. The normalized spacial score (nSPS) is 11.9. The van der Waals surface area contributed by atoms with Crippen molar-refractivity contribution in [2.24, 2.45) is 0 Å². The summed E-state index contributed by atoms with van der Waals surface area (Å²) in [5.74, 6) is -0.335. The smallest absolute Gasteiger partial charge is 0.269 e. The Hall–Kier alpha value is -1.89. The van der Waals surface area contributed by atoms with E-state index in [1.54, 1.807) is 0 Å². The lowest BCUT2D eigenvalue weighted by Gasteiger charge is -2.01. The Morgan fingerprint density at radius 2 is 2.22 bits per heavy atom. The molecule has 23 heavy (non-hydrogen) atoms. The number of rotatable bonds is 6. The van der Waals surface area contributed by atoms with E-state index in [2.05, 4.69) is 25.2 Å². The predicted octanol–water partition coefficient (Wildman–Crippen LogP) is 0.727. The van der Waals surface area contributed by atoms with Crippen LogP contribution in [0.2, 0.25) is 0 Å². The molecule has 3 aromatic rings. The summed E-state index contributed by atoms with van der Waals surface area (Å²) in [4.78, 5) is 16.2. The molecule has 0 saturated heterocycles. The standard InChI is InChI=1S/C11H12N6O3S3/c1-7(18)13-9-15-16-11(22-9)23(19,20)12-3-2-8-6-17-4-5-21-10(17)14-8/h4-6,12H,2-3H2,1H3,(H,13,15,18). The Morgan fingerprint density at radius 3 is 2.96 bits per heavy atom. The van der Waals surface area contributed by atoms with E-state index < -0.39 is 10.0 Å². The largest absolute Gasteiger partial charge is 0.301 e. The average molecular weight is 372 g/mol. The number of fused-ring (bicyclic) bond motifs is 1. The molecule has 3 rings (SSSR count). The molecule has 3 aromatic heterocycles. The first-order chi connectivity index (χ1) is 10.9. The predicted molar refractivity (Wildman–Crippen MR) is 86.2 cm³/mol. The Kier molecular flexibility index (Phi) is 4.39. The zero-order valence-corrected chi connectivity index (χ0v) is 14.3. The fourth-order valence-corrected chi connectivity index (χ4v) is 4.53. The zero-order valence-electron chi connectivity index (χ0n) is 11.9. The van der Waals surface area contributed by atoms with Crippen molar-refractivity contribution in [2.75, 3.05) is 11.9 Å². The highest BCUT2D eigenvalue weighted by molar-refractivity contribution is 7.91. The van der Waals surface area contributed by atoms with Gasteiger partial charge in [0.25, 0.3) is 10.0 Å². The highest BCUT2D eigenvalue weighted by atomic mass is 32.2. The maximum atomic E-state index is 12.1. The van der Waals surface area contributed by atoms with Gasteiger partial charge in [0, 0.05) is 37.7 Å². The summed E-state index contributed by atoms with van der Waals surface area (Å²) >= 11 is 2.31. The summed E-state index contributed by atoms with van der Waals surface area (Å²) in [6.45, 7) is 1.51. The molecule has 0 saturated carbocycles. The van der Waals surface area contributed by atoms with Gasteiger partial charge in [-0.25, -0.2) is 18.1 Å². The van der Waals surface area contributed by atoms with Crippen molar-refractivity contribution in [1.82, 2.24) is 24.3 Å². The summed E-state index contributed by atoms with van der Waals surface area (Å²) in [7, 11) is -3.75. The third-order valence-corrected chi connectivity index (χ3v) is 6.17. The number of aromatic nitrogens is 4. The first-order valence-corrected chi connectivity index (χ1v) is 9.64. The number of carbonyl (C=O) groups is 1. The van der Waals surface area contributed by atoms with Crippen LogP contribution < -0.4 is 10.0 Å². The minimum absolute atomic E-state index is 0.146. The van der Waals surface area contributed by atoms with Gasteiger partial charge in [-0.2, -0.15) is 0 Å². The van der Waals surface area contributed by atoms with Gasteiger partial charge < -0.3 is 5.32 Å². The number of imidazole rings is 1. The van der Waals surface area contributed by atoms with Gasteiger partial charge >= 0.3 is 0 Å². The van der Waals surface area contributed by atoms with Gasteiger partial charge in [-0.15, -0.1) is 21.5 Å². The van der Waals surface area contributed by atoms with Crippen LogP contribution in [0.1, 0.15) is 12.6 Å². The molecule has 0 fully saturated rings. The maximum Gasteiger partial charge on any atom is 0.269 e. The van der Waals surface area contributed by atoms with E-state index in [0.29, 0.717) is 6.42 Å². The Labute approximate surface area is 139 Å². The summed E-state index contributed by atoms with van der Waals surface area (Å²) in [6.07, 6.45) is 4.22. The van der Waals surface area contributed by atoms with E-state index in [9.17, 15) is 13.2 Å². The minimum Gasteiger partial charge on any atom is -0.301 e. The molecule has 12 heteroatoms. The van der Waals surface area contributed by atoms with Crippen LogP contribution in [-0.2, 0) is 21.2 Å². The third-order valence-electron chi connectivity index (χ3n) is 2.74. The van der Waals surface area contributed by atoms with Crippen molar-refractivity contribution in [3.05, 3.63) is 23.5 Å². The molecule has 0 unspecified atom stereocenters. The van der Waals surface area contributed by atoms with Gasteiger partial charge in [-0.3, -0.25) is 9.20 Å². The molecule has 0 spiro atoms. The number of anilines is 1. The maximum absolute atomic E-state index is 12.1. The lowest BCUT2D eigenvalue weighted by atomic mass is 10.3. The lowest BCUT2D eigenvalue weighted by Crippen LogP contribution is -2.26. The van der Waals surface area contributed by atoms with Gasteiger partial charge in [0.15, 0.2) is 4.96 Å². The highest BCUT2D eigenvalue weighted by Gasteiger charge is 2.20. The van der Waals surface area contributed by atoms with Gasteiger partial charge in [-0.05, 0) is 0 Å². The molecule has 0 aromatic carbocycles. The van der Waals surface area contributed by atoms with Crippen molar-refractivity contribution in [3.63, 3.8) is 0 Å². The second-order valence-electron chi connectivity index (χ2n) is 4.53. The number of nitrogens with zero attached hydrogens (tertiary/aromatic N) is 4. The number of nitrogens with one attached hydrogen (secondary N) is 2. The van der Waals surface area contributed by atoms with Crippen LogP contribution in [0.4, 0.5) is 5.13 Å². The van der Waals surface area contributed by atoms with E-state index in [-0.39, 0.29) is 21.9 Å². The molecule has 0 bridgehead atoms. The number of thiazole rings is 1. The van der Waals surface area contributed by atoms with Gasteiger partial charge in [0.2, 0.25) is 15.4 Å².